The highest BCUT2D eigenvalue weighted by Gasteiger charge is 2.35. The zero-order chi connectivity index (χ0) is 23.2. The molecule has 0 saturated carbocycles. The number of sulfone groups is 1. The fourth-order valence-electron chi connectivity index (χ4n) is 4.85. The molecule has 0 radical (unpaired) electrons. The smallest absolute Gasteiger partial charge is 0.254 e. The largest absolute Gasteiger partial charge is 0.336 e. The Hall–Kier alpha value is -2.78. The Labute approximate surface area is 194 Å². The van der Waals surface area contributed by atoms with Crippen LogP contribution in [0.15, 0.2) is 42.6 Å². The number of pyridine rings is 1. The van der Waals surface area contributed by atoms with E-state index in [0.717, 1.165) is 16.6 Å². The molecule has 2 fully saturated rings. The van der Waals surface area contributed by atoms with Crippen molar-refractivity contribution in [3.8, 4) is 11.3 Å². The first kappa shape index (κ1) is 22.0. The van der Waals surface area contributed by atoms with Crippen molar-refractivity contribution in [2.75, 3.05) is 37.7 Å². The first-order valence-electron chi connectivity index (χ1n) is 11.5. The van der Waals surface area contributed by atoms with Gasteiger partial charge in [-0.15, -0.1) is 0 Å². The summed E-state index contributed by atoms with van der Waals surface area (Å²) in [4.78, 5) is 22.6. The molecule has 9 heteroatoms. The van der Waals surface area contributed by atoms with E-state index in [9.17, 15) is 13.2 Å². The molecule has 1 amide bonds. The molecule has 1 aromatic carbocycles. The van der Waals surface area contributed by atoms with Crippen LogP contribution >= 0.6 is 0 Å². The highest BCUT2D eigenvalue weighted by molar-refractivity contribution is 7.91. The summed E-state index contributed by atoms with van der Waals surface area (Å²) in [5.74, 6) is 0.482. The third kappa shape index (κ3) is 4.27. The van der Waals surface area contributed by atoms with Crippen LogP contribution in [0.25, 0.3) is 22.3 Å². The number of nitrogens with zero attached hydrogens (tertiary/aromatic N) is 5. The number of hydrogen-bond acceptors (Lipinski definition) is 6. The third-order valence-corrected chi connectivity index (χ3v) is 8.43. The number of fused-ring (bicyclic) bond motifs is 1. The van der Waals surface area contributed by atoms with Gasteiger partial charge in [-0.1, -0.05) is 30.3 Å². The molecule has 4 heterocycles. The SMILES string of the molecule is CC(C)n1ncc2c(C(=O)N3CCN(C4CCS(=O)(=O)C4)CC3)cc(-c3ccccc3)nc21. The first-order valence-corrected chi connectivity index (χ1v) is 13.3. The van der Waals surface area contributed by atoms with E-state index < -0.39 is 9.84 Å². The van der Waals surface area contributed by atoms with Gasteiger partial charge in [0.2, 0.25) is 0 Å². The summed E-state index contributed by atoms with van der Waals surface area (Å²) in [6.45, 7) is 6.64. The highest BCUT2D eigenvalue weighted by atomic mass is 32.2. The lowest BCUT2D eigenvalue weighted by Gasteiger charge is -2.37. The standard InChI is InChI=1S/C24H29N5O3S/c1-17(2)29-23-21(15-25-29)20(14-22(26-23)18-6-4-3-5-7-18)24(30)28-11-9-27(10-12-28)19-8-13-33(31,32)16-19/h3-7,14-15,17,19H,8-13,16H2,1-2H3. The molecule has 8 nitrogen and oxygen atoms in total. The van der Waals surface area contributed by atoms with Gasteiger partial charge in [0.25, 0.3) is 5.91 Å². The Balaban J connectivity index is 1.44. The minimum absolute atomic E-state index is 0.0263. The predicted molar refractivity (Wildman–Crippen MR) is 128 cm³/mol. The predicted octanol–water partition coefficient (Wildman–Crippen LogP) is 2.62. The number of amides is 1. The van der Waals surface area contributed by atoms with Crippen LogP contribution in [0.5, 0.6) is 0 Å². The number of benzene rings is 1. The molecular formula is C24H29N5O3S. The van der Waals surface area contributed by atoms with E-state index in [1.165, 1.54) is 0 Å². The van der Waals surface area contributed by atoms with Gasteiger partial charge in [-0.3, -0.25) is 9.69 Å². The second kappa shape index (κ2) is 8.53. The Morgan fingerprint density at radius 3 is 2.45 bits per heavy atom. The van der Waals surface area contributed by atoms with Crippen molar-refractivity contribution < 1.29 is 13.2 Å². The molecule has 33 heavy (non-hydrogen) atoms. The minimum atomic E-state index is -2.92. The third-order valence-electron chi connectivity index (χ3n) is 6.68. The van der Waals surface area contributed by atoms with Gasteiger partial charge < -0.3 is 4.90 Å². The zero-order valence-corrected chi connectivity index (χ0v) is 19.8. The van der Waals surface area contributed by atoms with Crippen LogP contribution in [0.3, 0.4) is 0 Å². The van der Waals surface area contributed by atoms with Gasteiger partial charge in [-0.2, -0.15) is 5.10 Å². The average molecular weight is 468 g/mol. The Kier molecular flexibility index (Phi) is 5.70. The normalized spacial score (nSPS) is 21.2. The molecule has 0 bridgehead atoms. The van der Waals surface area contributed by atoms with Gasteiger partial charge in [0.15, 0.2) is 15.5 Å². The second-order valence-electron chi connectivity index (χ2n) is 9.23. The molecule has 174 valence electrons. The monoisotopic (exact) mass is 467 g/mol. The van der Waals surface area contributed by atoms with Gasteiger partial charge >= 0.3 is 0 Å². The van der Waals surface area contributed by atoms with Gasteiger partial charge in [-0.05, 0) is 26.3 Å². The average Bonchev–Trinajstić information content (AvgIpc) is 3.41. The van der Waals surface area contributed by atoms with Crippen LogP contribution in [0.4, 0.5) is 0 Å². The summed E-state index contributed by atoms with van der Waals surface area (Å²) >= 11 is 0. The van der Waals surface area contributed by atoms with E-state index >= 15 is 0 Å². The van der Waals surface area contributed by atoms with E-state index in [4.69, 9.17) is 4.98 Å². The van der Waals surface area contributed by atoms with E-state index in [0.29, 0.717) is 43.8 Å². The van der Waals surface area contributed by atoms with Crippen LogP contribution in [0.1, 0.15) is 36.7 Å². The minimum Gasteiger partial charge on any atom is -0.336 e. The van der Waals surface area contributed by atoms with Crippen LogP contribution in [0.2, 0.25) is 0 Å². The molecule has 0 N–H and O–H groups in total. The number of hydrogen-bond donors (Lipinski definition) is 0. The summed E-state index contributed by atoms with van der Waals surface area (Å²) < 4.78 is 25.6. The maximum absolute atomic E-state index is 13.7. The molecule has 2 aromatic heterocycles. The zero-order valence-electron chi connectivity index (χ0n) is 19.0. The van der Waals surface area contributed by atoms with Crippen molar-refractivity contribution in [3.05, 3.63) is 48.2 Å². The summed E-state index contributed by atoms with van der Waals surface area (Å²) in [5.41, 5.74) is 3.04. The van der Waals surface area contributed by atoms with Gasteiger partial charge in [0.1, 0.15) is 0 Å². The van der Waals surface area contributed by atoms with E-state index in [1.54, 1.807) is 6.20 Å². The van der Waals surface area contributed by atoms with Crippen molar-refractivity contribution >= 4 is 26.8 Å². The Morgan fingerprint density at radius 2 is 1.82 bits per heavy atom. The van der Waals surface area contributed by atoms with Crippen molar-refractivity contribution in [2.24, 2.45) is 0 Å². The van der Waals surface area contributed by atoms with Gasteiger partial charge in [0.05, 0.1) is 34.3 Å². The van der Waals surface area contributed by atoms with Crippen LogP contribution in [-0.4, -0.2) is 82.6 Å². The number of rotatable bonds is 4. The highest BCUT2D eigenvalue weighted by Crippen LogP contribution is 2.28. The molecule has 2 saturated heterocycles. The maximum Gasteiger partial charge on any atom is 0.254 e. The van der Waals surface area contributed by atoms with Crippen molar-refractivity contribution in [3.63, 3.8) is 0 Å². The molecule has 0 spiro atoms. The summed E-state index contributed by atoms with van der Waals surface area (Å²) in [6.07, 6.45) is 2.43. The van der Waals surface area contributed by atoms with Crippen LogP contribution < -0.4 is 0 Å². The molecule has 2 aliphatic rings. The van der Waals surface area contributed by atoms with Crippen molar-refractivity contribution in [1.82, 2.24) is 24.6 Å². The maximum atomic E-state index is 13.7. The lowest BCUT2D eigenvalue weighted by atomic mass is 10.1. The fraction of sp³-hybridized carbons (Fsp3) is 0.458. The van der Waals surface area contributed by atoms with Gasteiger partial charge in [0, 0.05) is 43.8 Å². The fourth-order valence-corrected chi connectivity index (χ4v) is 6.62. The quantitative estimate of drug-likeness (QED) is 0.586. The van der Waals surface area contributed by atoms with Crippen molar-refractivity contribution in [1.29, 1.82) is 0 Å². The van der Waals surface area contributed by atoms with Crippen LogP contribution in [-0.2, 0) is 9.84 Å². The van der Waals surface area contributed by atoms with E-state index in [1.807, 2.05) is 59.8 Å². The van der Waals surface area contributed by atoms with E-state index in [2.05, 4.69) is 10.00 Å². The molecular weight excluding hydrogens is 438 g/mol. The Morgan fingerprint density at radius 1 is 1.09 bits per heavy atom. The molecule has 1 atom stereocenters. The summed E-state index contributed by atoms with van der Waals surface area (Å²) in [5, 5.41) is 5.28. The summed E-state index contributed by atoms with van der Waals surface area (Å²) in [7, 11) is -2.92. The molecule has 0 aliphatic carbocycles. The number of carbonyl (C=O) groups excluding carboxylic acids is 1. The number of carbonyl (C=O) groups is 1. The number of aromatic nitrogens is 3. The Bertz CT molecular complexity index is 1280. The molecule has 1 unspecified atom stereocenters. The summed E-state index contributed by atoms with van der Waals surface area (Å²) in [6, 6.07) is 11.9. The van der Waals surface area contributed by atoms with Gasteiger partial charge in [-0.25, -0.2) is 18.1 Å². The van der Waals surface area contributed by atoms with Crippen LogP contribution in [0, 0.1) is 0 Å². The first-order chi connectivity index (χ1) is 15.8. The molecule has 3 aromatic rings. The van der Waals surface area contributed by atoms with Crippen molar-refractivity contribution in [2.45, 2.75) is 32.4 Å². The lowest BCUT2D eigenvalue weighted by molar-refractivity contribution is 0.0589. The molecule has 2 aliphatic heterocycles. The van der Waals surface area contributed by atoms with E-state index in [-0.39, 0.29) is 29.5 Å². The second-order valence-corrected chi connectivity index (χ2v) is 11.5. The lowest BCUT2D eigenvalue weighted by Crippen LogP contribution is -2.52. The topological polar surface area (TPSA) is 88.4 Å². The molecule has 5 rings (SSSR count). The number of piperazine rings is 1.